The van der Waals surface area contributed by atoms with Crippen molar-refractivity contribution < 1.29 is 5.11 Å². The Morgan fingerprint density at radius 2 is 1.88 bits per heavy atom. The van der Waals surface area contributed by atoms with Gasteiger partial charge in [-0.3, -0.25) is 0 Å². The zero-order chi connectivity index (χ0) is 11.9. The van der Waals surface area contributed by atoms with E-state index in [0.717, 1.165) is 18.3 Å². The lowest BCUT2D eigenvalue weighted by Gasteiger charge is -2.52. The van der Waals surface area contributed by atoms with Gasteiger partial charge in [-0.15, -0.1) is 0 Å². The van der Waals surface area contributed by atoms with Gasteiger partial charge in [-0.25, -0.2) is 0 Å². The largest absolute Gasteiger partial charge is 0.392 e. The first-order chi connectivity index (χ1) is 7.43. The Morgan fingerprint density at radius 3 is 2.44 bits per heavy atom. The Bertz CT molecular complexity index is 251. The molecule has 2 fully saturated rings. The van der Waals surface area contributed by atoms with Gasteiger partial charge in [0.15, 0.2) is 0 Å². The number of hydrogen-bond donors (Lipinski definition) is 2. The van der Waals surface area contributed by atoms with E-state index in [0.29, 0.717) is 12.1 Å². The average Bonchev–Trinajstić information content (AvgIpc) is 2.24. The van der Waals surface area contributed by atoms with Gasteiger partial charge in [-0.1, -0.05) is 40.5 Å². The number of aliphatic hydroxyl groups is 1. The molecule has 2 rings (SSSR count). The van der Waals surface area contributed by atoms with Crippen LogP contribution in [0.1, 0.15) is 53.4 Å². The molecule has 0 saturated heterocycles. The lowest BCUT2D eigenvalue weighted by Crippen LogP contribution is -2.63. The number of hydrogen-bond acceptors (Lipinski definition) is 2. The SMILES string of the molecule is CC1CCCC(NC2CC(O)C2(C)C)C1C. The smallest absolute Gasteiger partial charge is 0.0621 e. The van der Waals surface area contributed by atoms with Crippen LogP contribution in [-0.2, 0) is 0 Å². The fourth-order valence-corrected chi connectivity index (χ4v) is 3.26. The van der Waals surface area contributed by atoms with E-state index >= 15 is 0 Å². The molecule has 0 aliphatic heterocycles. The molecule has 94 valence electrons. The van der Waals surface area contributed by atoms with Gasteiger partial charge in [0.1, 0.15) is 0 Å². The zero-order valence-electron chi connectivity index (χ0n) is 11.2. The van der Waals surface area contributed by atoms with Crippen LogP contribution < -0.4 is 5.32 Å². The third-order valence-corrected chi connectivity index (χ3v) is 5.34. The van der Waals surface area contributed by atoms with Crippen LogP contribution in [0.3, 0.4) is 0 Å². The topological polar surface area (TPSA) is 32.3 Å². The van der Waals surface area contributed by atoms with E-state index in [2.05, 4.69) is 33.0 Å². The van der Waals surface area contributed by atoms with Gasteiger partial charge in [0.05, 0.1) is 6.10 Å². The zero-order valence-corrected chi connectivity index (χ0v) is 11.2. The van der Waals surface area contributed by atoms with E-state index in [4.69, 9.17) is 0 Å². The van der Waals surface area contributed by atoms with Gasteiger partial charge in [0.2, 0.25) is 0 Å². The van der Waals surface area contributed by atoms with E-state index in [9.17, 15) is 5.11 Å². The average molecular weight is 225 g/mol. The normalized spacial score (nSPS) is 47.4. The van der Waals surface area contributed by atoms with Crippen molar-refractivity contribution in [3.05, 3.63) is 0 Å². The predicted octanol–water partition coefficient (Wildman–Crippen LogP) is 2.56. The summed E-state index contributed by atoms with van der Waals surface area (Å²) in [5, 5.41) is 13.5. The van der Waals surface area contributed by atoms with Gasteiger partial charge in [0.25, 0.3) is 0 Å². The van der Waals surface area contributed by atoms with Crippen molar-refractivity contribution in [2.24, 2.45) is 17.3 Å². The summed E-state index contributed by atoms with van der Waals surface area (Å²) in [4.78, 5) is 0. The summed E-state index contributed by atoms with van der Waals surface area (Å²) in [5.41, 5.74) is 0.0698. The summed E-state index contributed by atoms with van der Waals surface area (Å²) in [6.45, 7) is 9.11. The molecule has 2 aliphatic carbocycles. The molecule has 0 amide bonds. The molecule has 0 spiro atoms. The Balaban J connectivity index is 1.90. The molecule has 0 radical (unpaired) electrons. The van der Waals surface area contributed by atoms with E-state index in [1.54, 1.807) is 0 Å². The molecule has 16 heavy (non-hydrogen) atoms. The van der Waals surface area contributed by atoms with Gasteiger partial charge in [0, 0.05) is 17.5 Å². The second-order valence-electron chi connectivity index (χ2n) is 6.67. The molecule has 0 aromatic heterocycles. The first-order valence-electron chi connectivity index (χ1n) is 6.87. The lowest BCUT2D eigenvalue weighted by molar-refractivity contribution is -0.0800. The fraction of sp³-hybridized carbons (Fsp3) is 1.00. The molecule has 0 aromatic carbocycles. The summed E-state index contributed by atoms with van der Waals surface area (Å²) in [6, 6.07) is 1.18. The van der Waals surface area contributed by atoms with Crippen molar-refractivity contribution in [1.29, 1.82) is 0 Å². The van der Waals surface area contributed by atoms with Crippen LogP contribution in [0.4, 0.5) is 0 Å². The summed E-state index contributed by atoms with van der Waals surface area (Å²) in [5.74, 6) is 1.63. The highest BCUT2D eigenvalue weighted by Gasteiger charge is 2.48. The maximum atomic E-state index is 9.75. The van der Waals surface area contributed by atoms with Crippen molar-refractivity contribution >= 4 is 0 Å². The summed E-state index contributed by atoms with van der Waals surface area (Å²) in [6.07, 6.45) is 4.88. The molecule has 2 N–H and O–H groups in total. The maximum Gasteiger partial charge on any atom is 0.0621 e. The molecule has 5 atom stereocenters. The molecule has 2 saturated carbocycles. The van der Waals surface area contributed by atoms with Crippen LogP contribution in [-0.4, -0.2) is 23.3 Å². The van der Waals surface area contributed by atoms with E-state index in [1.807, 2.05) is 0 Å². The third kappa shape index (κ3) is 2.02. The molecule has 0 aromatic rings. The highest BCUT2D eigenvalue weighted by molar-refractivity contribution is 5.03. The van der Waals surface area contributed by atoms with E-state index < -0.39 is 0 Å². The van der Waals surface area contributed by atoms with Crippen LogP contribution in [0.15, 0.2) is 0 Å². The summed E-state index contributed by atoms with van der Waals surface area (Å²) < 4.78 is 0. The summed E-state index contributed by atoms with van der Waals surface area (Å²) in [7, 11) is 0. The third-order valence-electron chi connectivity index (χ3n) is 5.34. The van der Waals surface area contributed by atoms with Crippen molar-refractivity contribution in [1.82, 2.24) is 5.32 Å². The molecule has 0 heterocycles. The van der Waals surface area contributed by atoms with Crippen LogP contribution in [0.2, 0.25) is 0 Å². The maximum absolute atomic E-state index is 9.75. The molecule has 2 nitrogen and oxygen atoms in total. The molecule has 2 heteroatoms. The molecular formula is C14H27NO. The molecule has 5 unspecified atom stereocenters. The van der Waals surface area contributed by atoms with Gasteiger partial charge in [-0.05, 0) is 24.7 Å². The Morgan fingerprint density at radius 1 is 1.19 bits per heavy atom. The minimum Gasteiger partial charge on any atom is -0.392 e. The first kappa shape index (κ1) is 12.4. The van der Waals surface area contributed by atoms with Crippen molar-refractivity contribution in [2.45, 2.75) is 71.6 Å². The predicted molar refractivity (Wildman–Crippen MR) is 67.3 cm³/mol. The van der Waals surface area contributed by atoms with Gasteiger partial charge < -0.3 is 10.4 Å². The molecule has 0 bridgehead atoms. The lowest BCUT2D eigenvalue weighted by atomic mass is 9.63. The second-order valence-corrected chi connectivity index (χ2v) is 6.67. The van der Waals surface area contributed by atoms with Crippen molar-refractivity contribution in [3.8, 4) is 0 Å². The number of nitrogens with one attached hydrogen (secondary N) is 1. The standard InChI is InChI=1S/C14H27NO/c1-9-6-5-7-11(10(9)2)15-12-8-13(16)14(12,3)4/h9-13,15-16H,5-8H2,1-4H3. The quantitative estimate of drug-likeness (QED) is 0.757. The highest BCUT2D eigenvalue weighted by atomic mass is 16.3. The first-order valence-corrected chi connectivity index (χ1v) is 6.87. The van der Waals surface area contributed by atoms with Crippen molar-refractivity contribution in [3.63, 3.8) is 0 Å². The van der Waals surface area contributed by atoms with Crippen LogP contribution in [0, 0.1) is 17.3 Å². The second kappa shape index (κ2) is 4.30. The number of aliphatic hydroxyl groups excluding tert-OH is 1. The highest BCUT2D eigenvalue weighted by Crippen LogP contribution is 2.42. The monoisotopic (exact) mass is 225 g/mol. The van der Waals surface area contributed by atoms with Crippen LogP contribution in [0.25, 0.3) is 0 Å². The fourth-order valence-electron chi connectivity index (χ4n) is 3.26. The minimum absolute atomic E-state index is 0.0698. The van der Waals surface area contributed by atoms with Crippen LogP contribution >= 0.6 is 0 Å². The molecule has 2 aliphatic rings. The van der Waals surface area contributed by atoms with Crippen molar-refractivity contribution in [2.75, 3.05) is 0 Å². The van der Waals surface area contributed by atoms with E-state index in [1.165, 1.54) is 19.3 Å². The van der Waals surface area contributed by atoms with Gasteiger partial charge in [-0.2, -0.15) is 0 Å². The summed E-state index contributed by atoms with van der Waals surface area (Å²) >= 11 is 0. The number of rotatable bonds is 2. The van der Waals surface area contributed by atoms with E-state index in [-0.39, 0.29) is 11.5 Å². The minimum atomic E-state index is -0.110. The molecular weight excluding hydrogens is 198 g/mol. The van der Waals surface area contributed by atoms with Crippen LogP contribution in [0.5, 0.6) is 0 Å². The van der Waals surface area contributed by atoms with Gasteiger partial charge >= 0.3 is 0 Å². The Kier molecular flexibility index (Phi) is 3.33. The Hall–Kier alpha value is -0.0800. The Labute approximate surface area is 99.8 Å².